The van der Waals surface area contributed by atoms with Gasteiger partial charge in [0.2, 0.25) is 0 Å². The molecule has 9 nitrogen and oxygen atoms in total. The van der Waals surface area contributed by atoms with Crippen molar-refractivity contribution in [3.63, 3.8) is 0 Å². The van der Waals surface area contributed by atoms with Crippen molar-refractivity contribution in [3.05, 3.63) is 102 Å². The molecule has 0 aliphatic heterocycles. The van der Waals surface area contributed by atoms with Crippen molar-refractivity contribution in [2.75, 3.05) is 27.1 Å². The molecule has 4 rings (SSSR count). The number of hydrogen-bond acceptors (Lipinski definition) is 9. The zero-order valence-electron chi connectivity index (χ0n) is 32.6. The lowest BCUT2D eigenvalue weighted by atomic mass is 9.65. The second-order valence-corrected chi connectivity index (χ2v) is 25.6. The molecule has 0 unspecified atom stereocenters. The average Bonchev–Trinajstić information content (AvgIpc) is 3.04. The topological polar surface area (TPSA) is 117 Å². The van der Waals surface area contributed by atoms with Gasteiger partial charge in [0.1, 0.15) is 29.5 Å². The van der Waals surface area contributed by atoms with Crippen molar-refractivity contribution in [1.29, 1.82) is 0 Å². The monoisotopic (exact) mass is 752 g/mol. The Morgan fingerprint density at radius 2 is 1.52 bits per heavy atom. The van der Waals surface area contributed by atoms with E-state index in [-0.39, 0.29) is 54.2 Å². The quantitative estimate of drug-likeness (QED) is 0.0714. The summed E-state index contributed by atoms with van der Waals surface area (Å²) in [5.74, 6) is -0.139. The van der Waals surface area contributed by atoms with Crippen LogP contribution < -0.4 is 16.0 Å². The third-order valence-electron chi connectivity index (χ3n) is 10.9. The van der Waals surface area contributed by atoms with Crippen molar-refractivity contribution in [3.8, 4) is 5.75 Å². The predicted octanol–water partition coefficient (Wildman–Crippen LogP) is 6.70. The van der Waals surface area contributed by atoms with Crippen LogP contribution in [0.5, 0.6) is 5.75 Å². The fourth-order valence-electron chi connectivity index (χ4n) is 7.35. The summed E-state index contributed by atoms with van der Waals surface area (Å²) in [6.07, 6.45) is 1.07. The van der Waals surface area contributed by atoms with Crippen LogP contribution in [0.2, 0.25) is 23.2 Å². The maximum Gasteiger partial charge on any atom is 0.339 e. The minimum absolute atomic E-state index is 0.111. The molecule has 3 aromatic rings. The molecule has 286 valence electrons. The van der Waals surface area contributed by atoms with Gasteiger partial charge in [-0.05, 0) is 40.0 Å². The molecular weight excluding hydrogens is 693 g/mol. The van der Waals surface area contributed by atoms with Crippen molar-refractivity contribution in [2.24, 2.45) is 0 Å². The number of methoxy groups -OCH3 is 1. The first-order chi connectivity index (χ1) is 24.3. The lowest BCUT2D eigenvalue weighted by molar-refractivity contribution is -0.283. The lowest BCUT2D eigenvalue weighted by Gasteiger charge is -2.58. The van der Waals surface area contributed by atoms with E-state index in [1.165, 1.54) is 6.07 Å². The first-order valence-corrected chi connectivity index (χ1v) is 23.0. The van der Waals surface area contributed by atoms with Crippen LogP contribution in [0.3, 0.4) is 0 Å². The van der Waals surface area contributed by atoms with E-state index in [2.05, 4.69) is 85.5 Å². The minimum Gasteiger partial charge on any atom is -0.508 e. The van der Waals surface area contributed by atoms with Crippen LogP contribution in [0.25, 0.3) is 0 Å². The summed E-state index contributed by atoms with van der Waals surface area (Å²) in [6, 6.07) is 23.2. The van der Waals surface area contributed by atoms with Crippen LogP contribution in [-0.4, -0.2) is 77.4 Å². The Labute approximate surface area is 312 Å². The molecule has 1 aliphatic carbocycles. The molecule has 0 bridgehead atoms. The zero-order chi connectivity index (χ0) is 38.4. The number of aliphatic hydroxyl groups is 1. The van der Waals surface area contributed by atoms with E-state index in [1.54, 1.807) is 13.2 Å². The smallest absolute Gasteiger partial charge is 0.339 e. The van der Waals surface area contributed by atoms with Crippen LogP contribution in [0.15, 0.2) is 94.7 Å². The third kappa shape index (κ3) is 8.90. The molecule has 0 amide bonds. The molecule has 52 heavy (non-hydrogen) atoms. The first-order valence-electron chi connectivity index (χ1n) is 18.2. The number of aromatic hydroxyl groups is 1. The fourth-order valence-corrected chi connectivity index (χ4v) is 13.4. The number of ether oxygens (including phenoxy) is 3. The van der Waals surface area contributed by atoms with Crippen molar-refractivity contribution in [1.82, 2.24) is 0 Å². The molecule has 1 saturated carbocycles. The average molecular weight is 753 g/mol. The Morgan fingerprint density at radius 1 is 0.923 bits per heavy atom. The Kier molecular flexibility index (Phi) is 13.4. The third-order valence-corrected chi connectivity index (χ3v) is 20.5. The molecule has 2 aromatic carbocycles. The van der Waals surface area contributed by atoms with E-state index >= 15 is 0 Å². The van der Waals surface area contributed by atoms with Gasteiger partial charge in [0.15, 0.2) is 8.32 Å². The van der Waals surface area contributed by atoms with Gasteiger partial charge < -0.3 is 37.7 Å². The normalized spacial score (nSPS) is 23.0. The molecule has 1 aliphatic rings. The van der Waals surface area contributed by atoms with Gasteiger partial charge in [-0.2, -0.15) is 0 Å². The van der Waals surface area contributed by atoms with Crippen LogP contribution in [0, 0.1) is 0 Å². The highest BCUT2D eigenvalue weighted by molar-refractivity contribution is 6.99. The largest absolute Gasteiger partial charge is 0.508 e. The van der Waals surface area contributed by atoms with Gasteiger partial charge in [-0.15, -0.1) is 6.58 Å². The molecule has 0 radical (unpaired) electrons. The highest BCUT2D eigenvalue weighted by Gasteiger charge is 2.64. The molecule has 0 spiro atoms. The molecule has 1 aromatic heterocycles. The predicted molar refractivity (Wildman–Crippen MR) is 210 cm³/mol. The molecule has 2 N–H and O–H groups in total. The van der Waals surface area contributed by atoms with Crippen LogP contribution in [0.4, 0.5) is 0 Å². The van der Waals surface area contributed by atoms with Gasteiger partial charge >= 0.3 is 5.63 Å². The summed E-state index contributed by atoms with van der Waals surface area (Å²) >= 11 is 0. The molecular formula is C41H60O9Si2. The van der Waals surface area contributed by atoms with Crippen LogP contribution in [-0.2, 0) is 29.5 Å². The molecule has 4 atom stereocenters. The standard InChI is InChI=1S/C41H60O9Si2/c1-11-22-41(47-30-46-24-23-45-8)36(50-51(9,10)38(2,3)4)27-33(29-40(41,44)28-32-25-31(42)26-37(43)48-32)49-52(39(5,6)7,34-18-14-12-15-19-34)35-20-16-13-17-21-35/h11-21,25-26,33,36,42,44H,1,22-24,27-30H2,2-10H3/t33-,36+,40+,41+/m1/s1. The fraction of sp³-hybridized carbons (Fsp3) is 0.537. The summed E-state index contributed by atoms with van der Waals surface area (Å²) in [7, 11) is -4.05. The minimum atomic E-state index is -3.11. The van der Waals surface area contributed by atoms with E-state index in [0.29, 0.717) is 13.0 Å². The molecule has 1 fully saturated rings. The lowest BCUT2D eigenvalue weighted by Crippen LogP contribution is -2.73. The summed E-state index contributed by atoms with van der Waals surface area (Å²) < 4.78 is 38.5. The summed E-state index contributed by atoms with van der Waals surface area (Å²) in [4.78, 5) is 12.5. The Bertz CT molecular complexity index is 1610. The van der Waals surface area contributed by atoms with Gasteiger partial charge in [-0.3, -0.25) is 0 Å². The summed E-state index contributed by atoms with van der Waals surface area (Å²) in [5, 5.41) is 25.6. The van der Waals surface area contributed by atoms with Crippen molar-refractivity contribution < 1.29 is 37.7 Å². The maximum absolute atomic E-state index is 13.4. The zero-order valence-corrected chi connectivity index (χ0v) is 34.6. The molecule has 0 saturated heterocycles. The number of rotatable bonds is 16. The molecule has 1 heterocycles. The van der Waals surface area contributed by atoms with Gasteiger partial charge in [0.05, 0.1) is 31.5 Å². The second kappa shape index (κ2) is 16.6. The van der Waals surface area contributed by atoms with E-state index in [0.717, 1.165) is 16.4 Å². The first kappa shape index (κ1) is 41.9. The summed E-state index contributed by atoms with van der Waals surface area (Å²) in [6.45, 7) is 22.2. The van der Waals surface area contributed by atoms with Crippen LogP contribution in [0.1, 0.15) is 66.6 Å². The Hall–Kier alpha value is -2.88. The Balaban J connectivity index is 1.97. The van der Waals surface area contributed by atoms with E-state index in [9.17, 15) is 15.0 Å². The number of hydrogen-bond donors (Lipinski definition) is 2. The molecule has 11 heteroatoms. The number of benzene rings is 2. The van der Waals surface area contributed by atoms with E-state index in [1.807, 2.05) is 36.4 Å². The highest BCUT2D eigenvalue weighted by atomic mass is 28.4. The summed E-state index contributed by atoms with van der Waals surface area (Å²) in [5.41, 5.74) is -3.88. The van der Waals surface area contributed by atoms with E-state index < -0.39 is 45.7 Å². The Morgan fingerprint density at radius 3 is 2.02 bits per heavy atom. The SMILES string of the molecule is C=CC[C@]1(OCOCCOC)[C@@H](O[Si](C)(C)C(C)(C)C)C[C@@H](O[Si](c2ccccc2)(c2ccccc2)C(C)(C)C)C[C@@]1(O)Cc1cc(O)cc(=O)o1. The van der Waals surface area contributed by atoms with Gasteiger partial charge in [0, 0.05) is 32.4 Å². The highest BCUT2D eigenvalue weighted by Crippen LogP contribution is 2.51. The van der Waals surface area contributed by atoms with Crippen molar-refractivity contribution >= 4 is 27.0 Å². The van der Waals surface area contributed by atoms with Crippen molar-refractivity contribution in [2.45, 2.75) is 114 Å². The maximum atomic E-state index is 13.4. The van der Waals surface area contributed by atoms with Gasteiger partial charge in [-0.1, -0.05) is 108 Å². The van der Waals surface area contributed by atoms with Gasteiger partial charge in [0.25, 0.3) is 8.32 Å². The second-order valence-electron chi connectivity index (χ2n) is 16.6. The van der Waals surface area contributed by atoms with E-state index in [4.69, 9.17) is 27.5 Å². The van der Waals surface area contributed by atoms with Crippen LogP contribution >= 0.6 is 0 Å². The van der Waals surface area contributed by atoms with Gasteiger partial charge in [-0.25, -0.2) is 4.79 Å².